The molecule has 2 heterocycles. The third kappa shape index (κ3) is 1.73. The molecule has 3 rings (SSSR count). The highest BCUT2D eigenvalue weighted by atomic mass is 16.5. The molecular weight excluding hydrogens is 228 g/mol. The Morgan fingerprint density at radius 1 is 1.56 bits per heavy atom. The summed E-state index contributed by atoms with van der Waals surface area (Å²) in [4.78, 5) is 19.5. The fourth-order valence-corrected chi connectivity index (χ4v) is 2.61. The van der Waals surface area contributed by atoms with Gasteiger partial charge in [-0.05, 0) is 25.3 Å². The van der Waals surface area contributed by atoms with Crippen LogP contribution in [0.4, 0.5) is 0 Å². The number of ether oxygens (including phenoxy) is 1. The maximum absolute atomic E-state index is 12.4. The second kappa shape index (κ2) is 4.21. The van der Waals surface area contributed by atoms with Gasteiger partial charge in [-0.2, -0.15) is 0 Å². The Balaban J connectivity index is 1.88. The number of hydrogen-bond acceptors (Lipinski definition) is 3. The fourth-order valence-electron chi connectivity index (χ4n) is 2.61. The van der Waals surface area contributed by atoms with Crippen LogP contribution in [-0.2, 0) is 4.74 Å². The molecule has 18 heavy (non-hydrogen) atoms. The maximum Gasteiger partial charge on any atom is 0.167 e. The first kappa shape index (κ1) is 11.4. The number of nitrogens with zero attached hydrogens (tertiary/aromatic N) is 1. The van der Waals surface area contributed by atoms with Crippen LogP contribution in [0.5, 0.6) is 0 Å². The minimum Gasteiger partial charge on any atom is -0.378 e. The zero-order valence-corrected chi connectivity index (χ0v) is 10.4. The van der Waals surface area contributed by atoms with E-state index in [1.165, 1.54) is 0 Å². The van der Waals surface area contributed by atoms with Crippen molar-refractivity contribution in [3.05, 3.63) is 30.2 Å². The Morgan fingerprint density at radius 2 is 2.39 bits per heavy atom. The van der Waals surface area contributed by atoms with Crippen LogP contribution in [0.2, 0.25) is 0 Å². The number of ketones is 1. The van der Waals surface area contributed by atoms with E-state index in [0.29, 0.717) is 6.42 Å². The highest BCUT2D eigenvalue weighted by Crippen LogP contribution is 2.39. The summed E-state index contributed by atoms with van der Waals surface area (Å²) in [6.07, 6.45) is 8.80. The van der Waals surface area contributed by atoms with Gasteiger partial charge in [0.25, 0.3) is 0 Å². The summed E-state index contributed by atoms with van der Waals surface area (Å²) in [5, 5.41) is 0.896. The third-order valence-electron chi connectivity index (χ3n) is 3.96. The summed E-state index contributed by atoms with van der Waals surface area (Å²) in [6.45, 7) is 0. The molecule has 0 aromatic carbocycles. The molecule has 2 aromatic rings. The van der Waals surface area contributed by atoms with E-state index in [1.54, 1.807) is 25.7 Å². The Morgan fingerprint density at radius 3 is 3.06 bits per heavy atom. The lowest BCUT2D eigenvalue weighted by atomic mass is 9.76. The summed E-state index contributed by atoms with van der Waals surface area (Å²) in [7, 11) is 1.70. The standard InChI is InChI=1S/C14H16N2O2/c1-18-14(4-2-5-14)7-13(17)11-9-16-12-3-6-15-8-10(11)12/h3,6,8-9,16H,2,4-5,7H2,1H3. The van der Waals surface area contributed by atoms with E-state index in [1.807, 2.05) is 6.07 Å². The molecule has 2 aromatic heterocycles. The number of Topliss-reactive ketones (excluding diaryl/α,β-unsaturated/α-hetero) is 1. The van der Waals surface area contributed by atoms with Crippen LogP contribution in [-0.4, -0.2) is 28.5 Å². The molecule has 1 aliphatic rings. The van der Waals surface area contributed by atoms with Crippen LogP contribution in [0.25, 0.3) is 10.9 Å². The van der Waals surface area contributed by atoms with Crippen molar-refractivity contribution in [3.8, 4) is 0 Å². The number of hydrogen-bond donors (Lipinski definition) is 1. The van der Waals surface area contributed by atoms with Crippen molar-refractivity contribution in [1.82, 2.24) is 9.97 Å². The lowest BCUT2D eigenvalue weighted by molar-refractivity contribution is -0.0704. The SMILES string of the molecule is COC1(CC(=O)c2c[nH]c3ccncc23)CCC1. The lowest BCUT2D eigenvalue weighted by Gasteiger charge is -2.39. The Hall–Kier alpha value is -1.68. The molecule has 0 amide bonds. The number of fused-ring (bicyclic) bond motifs is 1. The van der Waals surface area contributed by atoms with Crippen LogP contribution < -0.4 is 0 Å². The second-order valence-corrected chi connectivity index (χ2v) is 4.96. The smallest absolute Gasteiger partial charge is 0.167 e. The highest BCUT2D eigenvalue weighted by Gasteiger charge is 2.39. The van der Waals surface area contributed by atoms with Crippen molar-refractivity contribution in [2.45, 2.75) is 31.3 Å². The van der Waals surface area contributed by atoms with E-state index in [2.05, 4.69) is 9.97 Å². The predicted octanol–water partition coefficient (Wildman–Crippen LogP) is 2.70. The molecule has 1 aliphatic carbocycles. The van der Waals surface area contributed by atoms with Crippen molar-refractivity contribution in [2.75, 3.05) is 7.11 Å². The first-order chi connectivity index (χ1) is 8.74. The monoisotopic (exact) mass is 244 g/mol. The third-order valence-corrected chi connectivity index (χ3v) is 3.96. The van der Waals surface area contributed by atoms with Gasteiger partial charge in [0.1, 0.15) is 0 Å². The van der Waals surface area contributed by atoms with Gasteiger partial charge in [0.15, 0.2) is 5.78 Å². The van der Waals surface area contributed by atoms with Crippen molar-refractivity contribution >= 4 is 16.7 Å². The van der Waals surface area contributed by atoms with E-state index >= 15 is 0 Å². The number of nitrogens with one attached hydrogen (secondary N) is 1. The molecule has 0 radical (unpaired) electrons. The number of methoxy groups -OCH3 is 1. The molecule has 94 valence electrons. The zero-order valence-electron chi connectivity index (χ0n) is 10.4. The summed E-state index contributed by atoms with van der Waals surface area (Å²) in [5.74, 6) is 0.135. The topological polar surface area (TPSA) is 55.0 Å². The first-order valence-electron chi connectivity index (χ1n) is 6.24. The predicted molar refractivity (Wildman–Crippen MR) is 68.6 cm³/mol. The van der Waals surface area contributed by atoms with Crippen LogP contribution in [0.3, 0.4) is 0 Å². The van der Waals surface area contributed by atoms with Gasteiger partial charge in [0.05, 0.1) is 5.60 Å². The number of carbonyl (C=O) groups excluding carboxylic acids is 1. The van der Waals surface area contributed by atoms with Gasteiger partial charge in [0.2, 0.25) is 0 Å². The molecule has 1 N–H and O–H groups in total. The van der Waals surface area contributed by atoms with Crippen molar-refractivity contribution in [2.24, 2.45) is 0 Å². The molecule has 0 bridgehead atoms. The number of rotatable bonds is 4. The second-order valence-electron chi connectivity index (χ2n) is 4.96. The fraction of sp³-hybridized carbons (Fsp3) is 0.429. The largest absolute Gasteiger partial charge is 0.378 e. The molecule has 0 saturated heterocycles. The quantitative estimate of drug-likeness (QED) is 0.841. The van der Waals surface area contributed by atoms with E-state index in [4.69, 9.17) is 4.74 Å². The number of aromatic amines is 1. The Labute approximate surface area is 105 Å². The number of H-pyrrole nitrogens is 1. The van der Waals surface area contributed by atoms with E-state index in [-0.39, 0.29) is 11.4 Å². The minimum absolute atomic E-state index is 0.135. The minimum atomic E-state index is -0.219. The summed E-state index contributed by atoms with van der Waals surface area (Å²) < 4.78 is 5.51. The molecule has 0 unspecified atom stereocenters. The van der Waals surface area contributed by atoms with Crippen LogP contribution in [0, 0.1) is 0 Å². The van der Waals surface area contributed by atoms with Gasteiger partial charge >= 0.3 is 0 Å². The molecule has 4 heteroatoms. The zero-order chi connectivity index (χ0) is 12.6. The Kier molecular flexibility index (Phi) is 2.67. The normalized spacial score (nSPS) is 17.6. The van der Waals surface area contributed by atoms with Gasteiger partial charge in [0, 0.05) is 48.6 Å². The molecule has 1 fully saturated rings. The van der Waals surface area contributed by atoms with Gasteiger partial charge < -0.3 is 9.72 Å². The van der Waals surface area contributed by atoms with Gasteiger partial charge in [-0.1, -0.05) is 0 Å². The average molecular weight is 244 g/mol. The van der Waals surface area contributed by atoms with Gasteiger partial charge in [-0.25, -0.2) is 0 Å². The molecular formula is C14H16N2O2. The molecule has 0 spiro atoms. The lowest BCUT2D eigenvalue weighted by Crippen LogP contribution is -2.41. The van der Waals surface area contributed by atoms with Crippen molar-refractivity contribution in [1.29, 1.82) is 0 Å². The first-order valence-corrected chi connectivity index (χ1v) is 6.24. The van der Waals surface area contributed by atoms with Gasteiger partial charge in [-0.3, -0.25) is 9.78 Å². The highest BCUT2D eigenvalue weighted by molar-refractivity contribution is 6.07. The van der Waals surface area contributed by atoms with Crippen molar-refractivity contribution < 1.29 is 9.53 Å². The van der Waals surface area contributed by atoms with Crippen LogP contribution >= 0.6 is 0 Å². The molecule has 1 saturated carbocycles. The van der Waals surface area contributed by atoms with E-state index in [0.717, 1.165) is 35.7 Å². The maximum atomic E-state index is 12.4. The molecule has 4 nitrogen and oxygen atoms in total. The van der Waals surface area contributed by atoms with Crippen molar-refractivity contribution in [3.63, 3.8) is 0 Å². The summed E-state index contributed by atoms with van der Waals surface area (Å²) in [6, 6.07) is 1.88. The summed E-state index contributed by atoms with van der Waals surface area (Å²) in [5.41, 5.74) is 1.46. The van der Waals surface area contributed by atoms with Crippen LogP contribution in [0.1, 0.15) is 36.0 Å². The number of carbonyl (C=O) groups is 1. The Bertz CT molecular complexity index is 579. The summed E-state index contributed by atoms with van der Waals surface area (Å²) >= 11 is 0. The van der Waals surface area contributed by atoms with E-state index < -0.39 is 0 Å². The number of pyridine rings is 1. The molecule has 0 aliphatic heterocycles. The average Bonchev–Trinajstić information content (AvgIpc) is 2.77. The number of aromatic nitrogens is 2. The van der Waals surface area contributed by atoms with E-state index in [9.17, 15) is 4.79 Å². The van der Waals surface area contributed by atoms with Crippen LogP contribution in [0.15, 0.2) is 24.7 Å². The molecule has 0 atom stereocenters. The van der Waals surface area contributed by atoms with Gasteiger partial charge in [-0.15, -0.1) is 0 Å².